The Labute approximate surface area is 107 Å². The molecule has 1 rings (SSSR count). The van der Waals surface area contributed by atoms with Crippen LogP contribution in [0.15, 0.2) is 22.8 Å². The molecule has 0 radical (unpaired) electrons. The lowest BCUT2D eigenvalue weighted by Crippen LogP contribution is -2.35. The summed E-state index contributed by atoms with van der Waals surface area (Å²) in [4.78, 5) is 4.52. The van der Waals surface area contributed by atoms with E-state index in [2.05, 4.69) is 60.0 Å². The first-order valence-electron chi connectivity index (χ1n) is 5.91. The third-order valence-electron chi connectivity index (χ3n) is 2.89. The van der Waals surface area contributed by atoms with Crippen LogP contribution < -0.4 is 5.32 Å². The highest BCUT2D eigenvalue weighted by Crippen LogP contribution is 2.31. The van der Waals surface area contributed by atoms with E-state index in [1.54, 1.807) is 0 Å². The van der Waals surface area contributed by atoms with Crippen LogP contribution in [0.3, 0.4) is 0 Å². The molecule has 0 aromatic carbocycles. The summed E-state index contributed by atoms with van der Waals surface area (Å²) in [5.41, 5.74) is 1.16. The molecule has 0 aliphatic carbocycles. The van der Waals surface area contributed by atoms with Crippen LogP contribution in [-0.2, 0) is 0 Å². The molecule has 0 saturated carbocycles. The van der Waals surface area contributed by atoms with E-state index in [1.807, 2.05) is 12.3 Å². The molecule has 0 aliphatic rings. The van der Waals surface area contributed by atoms with E-state index in [9.17, 15) is 0 Å². The monoisotopic (exact) mass is 284 g/mol. The second-order valence-electron chi connectivity index (χ2n) is 4.49. The van der Waals surface area contributed by atoms with Gasteiger partial charge in [0.15, 0.2) is 0 Å². The van der Waals surface area contributed by atoms with E-state index >= 15 is 0 Å². The van der Waals surface area contributed by atoms with Gasteiger partial charge in [-0.15, -0.1) is 0 Å². The zero-order chi connectivity index (χ0) is 12.1. The lowest BCUT2D eigenvalue weighted by Gasteiger charge is -2.28. The third kappa shape index (κ3) is 3.29. The Hall–Kier alpha value is -0.410. The molecule has 0 bridgehead atoms. The second-order valence-corrected chi connectivity index (χ2v) is 5.34. The van der Waals surface area contributed by atoms with Crippen LogP contribution in [0, 0.1) is 5.92 Å². The lowest BCUT2D eigenvalue weighted by atomic mass is 9.86. The largest absolute Gasteiger partial charge is 0.314 e. The van der Waals surface area contributed by atoms with E-state index in [-0.39, 0.29) is 0 Å². The van der Waals surface area contributed by atoms with E-state index < -0.39 is 0 Å². The zero-order valence-corrected chi connectivity index (χ0v) is 12.1. The summed E-state index contributed by atoms with van der Waals surface area (Å²) in [7, 11) is 0. The van der Waals surface area contributed by atoms with E-state index in [4.69, 9.17) is 0 Å². The summed E-state index contributed by atoms with van der Waals surface area (Å²) < 4.78 is 1.11. The molecule has 2 unspecified atom stereocenters. The van der Waals surface area contributed by atoms with Gasteiger partial charge in [0.1, 0.15) is 0 Å². The molecule has 1 aromatic rings. The van der Waals surface area contributed by atoms with Gasteiger partial charge < -0.3 is 5.32 Å². The number of halogens is 1. The van der Waals surface area contributed by atoms with E-state index in [0.29, 0.717) is 17.9 Å². The molecule has 3 heteroatoms. The van der Waals surface area contributed by atoms with Crippen LogP contribution in [0.25, 0.3) is 0 Å². The molecule has 16 heavy (non-hydrogen) atoms. The molecule has 1 aromatic heterocycles. The van der Waals surface area contributed by atoms with Crippen molar-refractivity contribution in [2.75, 3.05) is 6.54 Å². The van der Waals surface area contributed by atoms with Crippen LogP contribution in [0.2, 0.25) is 0 Å². The highest BCUT2D eigenvalue weighted by molar-refractivity contribution is 9.10. The first kappa shape index (κ1) is 13.7. The Bertz CT molecular complexity index is 325. The maximum Gasteiger partial charge on any atom is 0.0594 e. The molecule has 0 aliphatic heterocycles. The standard InChI is InChI=1S/C13H21BrN2/c1-5-15-10(4)12(9(2)3)13-11(14)7-6-8-16-13/h6-10,12,15H,5H2,1-4H3. The fourth-order valence-electron chi connectivity index (χ4n) is 2.22. The minimum Gasteiger partial charge on any atom is -0.314 e. The SMILES string of the molecule is CCNC(C)C(c1ncccc1Br)C(C)C. The Morgan fingerprint density at radius 1 is 1.38 bits per heavy atom. The smallest absolute Gasteiger partial charge is 0.0594 e. The molecule has 90 valence electrons. The van der Waals surface area contributed by atoms with Crippen LogP contribution >= 0.6 is 15.9 Å². The van der Waals surface area contributed by atoms with Gasteiger partial charge in [-0.3, -0.25) is 4.98 Å². The number of nitrogens with zero attached hydrogens (tertiary/aromatic N) is 1. The molecule has 0 saturated heterocycles. The van der Waals surface area contributed by atoms with Crippen molar-refractivity contribution in [3.63, 3.8) is 0 Å². The van der Waals surface area contributed by atoms with Crippen molar-refractivity contribution in [3.05, 3.63) is 28.5 Å². The number of pyridine rings is 1. The lowest BCUT2D eigenvalue weighted by molar-refractivity contribution is 0.375. The van der Waals surface area contributed by atoms with Gasteiger partial charge in [0.2, 0.25) is 0 Å². The Morgan fingerprint density at radius 3 is 2.56 bits per heavy atom. The molecule has 0 fully saturated rings. The van der Waals surface area contributed by atoms with Crippen LogP contribution in [0.4, 0.5) is 0 Å². The van der Waals surface area contributed by atoms with Crippen molar-refractivity contribution >= 4 is 15.9 Å². The Kier molecular flexibility index (Phi) is 5.42. The normalized spacial score (nSPS) is 15.1. The summed E-state index contributed by atoms with van der Waals surface area (Å²) >= 11 is 3.59. The minimum atomic E-state index is 0.440. The number of nitrogens with one attached hydrogen (secondary N) is 1. The number of aromatic nitrogens is 1. The van der Waals surface area contributed by atoms with Crippen LogP contribution in [0.5, 0.6) is 0 Å². The molecule has 2 nitrogen and oxygen atoms in total. The molecule has 1 N–H and O–H groups in total. The predicted octanol–water partition coefficient (Wildman–Crippen LogP) is 3.58. The van der Waals surface area contributed by atoms with Crippen LogP contribution in [-0.4, -0.2) is 17.6 Å². The first-order chi connectivity index (χ1) is 7.57. The van der Waals surface area contributed by atoms with Crippen molar-refractivity contribution < 1.29 is 0 Å². The van der Waals surface area contributed by atoms with Crippen molar-refractivity contribution in [2.24, 2.45) is 5.92 Å². The molecule has 2 atom stereocenters. The highest BCUT2D eigenvalue weighted by atomic mass is 79.9. The van der Waals surface area contributed by atoms with Crippen LogP contribution in [0.1, 0.15) is 39.3 Å². The molecular formula is C13H21BrN2. The van der Waals surface area contributed by atoms with Gasteiger partial charge in [-0.2, -0.15) is 0 Å². The van der Waals surface area contributed by atoms with Gasteiger partial charge in [0.05, 0.1) is 5.69 Å². The van der Waals surface area contributed by atoms with E-state index in [0.717, 1.165) is 16.7 Å². The molecule has 1 heterocycles. The minimum absolute atomic E-state index is 0.440. The first-order valence-corrected chi connectivity index (χ1v) is 6.71. The van der Waals surface area contributed by atoms with Gasteiger partial charge in [0, 0.05) is 22.6 Å². The van der Waals surface area contributed by atoms with Crippen molar-refractivity contribution in [3.8, 4) is 0 Å². The molecule has 0 amide bonds. The third-order valence-corrected chi connectivity index (χ3v) is 3.56. The van der Waals surface area contributed by atoms with Gasteiger partial charge in [-0.1, -0.05) is 20.8 Å². The van der Waals surface area contributed by atoms with Crippen molar-refractivity contribution in [2.45, 2.75) is 39.7 Å². The van der Waals surface area contributed by atoms with Gasteiger partial charge >= 0.3 is 0 Å². The topological polar surface area (TPSA) is 24.9 Å². The molecule has 0 spiro atoms. The number of hydrogen-bond donors (Lipinski definition) is 1. The maximum absolute atomic E-state index is 4.52. The quantitative estimate of drug-likeness (QED) is 0.894. The van der Waals surface area contributed by atoms with Crippen molar-refractivity contribution in [1.29, 1.82) is 0 Å². The summed E-state index contributed by atoms with van der Waals surface area (Å²) in [6.07, 6.45) is 1.87. The molecular weight excluding hydrogens is 264 g/mol. The summed E-state index contributed by atoms with van der Waals surface area (Å²) in [5, 5.41) is 3.49. The predicted molar refractivity (Wildman–Crippen MR) is 72.7 cm³/mol. The summed E-state index contributed by atoms with van der Waals surface area (Å²) in [5.74, 6) is 1.01. The van der Waals surface area contributed by atoms with Gasteiger partial charge in [-0.25, -0.2) is 0 Å². The van der Waals surface area contributed by atoms with E-state index in [1.165, 1.54) is 0 Å². The zero-order valence-electron chi connectivity index (χ0n) is 10.5. The number of likely N-dealkylation sites (N-methyl/N-ethyl adjacent to an activating group) is 1. The van der Waals surface area contributed by atoms with Gasteiger partial charge in [0.25, 0.3) is 0 Å². The average molecular weight is 285 g/mol. The Morgan fingerprint density at radius 2 is 2.06 bits per heavy atom. The van der Waals surface area contributed by atoms with Crippen molar-refractivity contribution in [1.82, 2.24) is 10.3 Å². The Balaban J connectivity index is 2.98. The summed E-state index contributed by atoms with van der Waals surface area (Å²) in [6.45, 7) is 9.87. The number of hydrogen-bond acceptors (Lipinski definition) is 2. The maximum atomic E-state index is 4.52. The fourth-order valence-corrected chi connectivity index (χ4v) is 2.74. The van der Waals surface area contributed by atoms with Gasteiger partial charge in [-0.05, 0) is 47.4 Å². The summed E-state index contributed by atoms with van der Waals surface area (Å²) in [6, 6.07) is 4.47. The average Bonchev–Trinajstić information content (AvgIpc) is 2.21. The second kappa shape index (κ2) is 6.36. The number of rotatable bonds is 5. The highest BCUT2D eigenvalue weighted by Gasteiger charge is 2.25. The fraction of sp³-hybridized carbons (Fsp3) is 0.615.